The summed E-state index contributed by atoms with van der Waals surface area (Å²) in [5, 5.41) is 2.91. The van der Waals surface area contributed by atoms with E-state index < -0.39 is 12.1 Å². The third-order valence-electron chi connectivity index (χ3n) is 6.19. The van der Waals surface area contributed by atoms with Crippen molar-refractivity contribution in [3.63, 3.8) is 0 Å². The molecule has 32 heavy (non-hydrogen) atoms. The van der Waals surface area contributed by atoms with Crippen LogP contribution in [0.25, 0.3) is 0 Å². The van der Waals surface area contributed by atoms with Gasteiger partial charge in [0.15, 0.2) is 0 Å². The minimum absolute atomic E-state index is 0.0841. The fraction of sp³-hybridized carbons (Fsp3) is 0.583. The predicted octanol–water partition coefficient (Wildman–Crippen LogP) is 1.67. The number of amides is 3. The lowest BCUT2D eigenvalue weighted by molar-refractivity contribution is -0.149. The molecule has 0 bridgehead atoms. The molecule has 2 atom stereocenters. The maximum absolute atomic E-state index is 13.3. The van der Waals surface area contributed by atoms with Gasteiger partial charge in [-0.25, -0.2) is 0 Å². The topological polar surface area (TPSA) is 96.0 Å². The summed E-state index contributed by atoms with van der Waals surface area (Å²) in [5.74, 6) is -0.349. The van der Waals surface area contributed by atoms with Gasteiger partial charge in [0.1, 0.15) is 12.1 Å². The van der Waals surface area contributed by atoms with Gasteiger partial charge in [-0.15, -0.1) is 0 Å². The normalized spacial score (nSPS) is 21.1. The van der Waals surface area contributed by atoms with Crippen molar-refractivity contribution < 1.29 is 23.9 Å². The van der Waals surface area contributed by atoms with Gasteiger partial charge in [-0.05, 0) is 31.2 Å². The SMILES string of the molecule is COC(=O)CCCCC1C(=O)NC(Cc2ccccc2)C(=O)N1CCCN1CCCC1=O. The molecule has 3 amide bonds. The number of piperazine rings is 1. The quantitative estimate of drug-likeness (QED) is 0.415. The van der Waals surface area contributed by atoms with E-state index in [1.165, 1.54) is 7.11 Å². The van der Waals surface area contributed by atoms with Gasteiger partial charge in [0.2, 0.25) is 17.7 Å². The van der Waals surface area contributed by atoms with Crippen LogP contribution in [0.3, 0.4) is 0 Å². The second-order valence-corrected chi connectivity index (χ2v) is 8.46. The van der Waals surface area contributed by atoms with Crippen LogP contribution < -0.4 is 5.32 Å². The third kappa shape index (κ3) is 6.31. The molecule has 0 spiro atoms. The lowest BCUT2D eigenvalue weighted by atomic mass is 9.97. The molecule has 1 aromatic rings. The number of nitrogens with zero attached hydrogens (tertiary/aromatic N) is 2. The van der Waals surface area contributed by atoms with Gasteiger partial charge in [-0.2, -0.15) is 0 Å². The van der Waals surface area contributed by atoms with Crippen LogP contribution in [0.15, 0.2) is 30.3 Å². The zero-order valence-corrected chi connectivity index (χ0v) is 18.8. The van der Waals surface area contributed by atoms with Crippen molar-refractivity contribution in [1.82, 2.24) is 15.1 Å². The number of hydrogen-bond acceptors (Lipinski definition) is 5. The Labute approximate surface area is 189 Å². The first-order valence-electron chi connectivity index (χ1n) is 11.5. The van der Waals surface area contributed by atoms with Gasteiger partial charge in [-0.3, -0.25) is 19.2 Å². The third-order valence-corrected chi connectivity index (χ3v) is 6.19. The Balaban J connectivity index is 1.63. The van der Waals surface area contributed by atoms with E-state index in [-0.39, 0.29) is 23.7 Å². The highest BCUT2D eigenvalue weighted by atomic mass is 16.5. The fourth-order valence-electron chi connectivity index (χ4n) is 4.45. The molecule has 8 nitrogen and oxygen atoms in total. The molecule has 8 heteroatoms. The van der Waals surface area contributed by atoms with Crippen LogP contribution in [0.2, 0.25) is 0 Å². The van der Waals surface area contributed by atoms with E-state index in [0.717, 1.165) is 18.5 Å². The van der Waals surface area contributed by atoms with Gasteiger partial charge < -0.3 is 19.9 Å². The molecule has 2 unspecified atom stereocenters. The molecular weight excluding hydrogens is 410 g/mol. The molecular formula is C24H33N3O5. The Kier molecular flexibility index (Phi) is 8.64. The van der Waals surface area contributed by atoms with Crippen LogP contribution in [0, 0.1) is 0 Å². The van der Waals surface area contributed by atoms with Gasteiger partial charge >= 0.3 is 5.97 Å². The van der Waals surface area contributed by atoms with Gasteiger partial charge in [-0.1, -0.05) is 36.8 Å². The van der Waals surface area contributed by atoms with Crippen LogP contribution >= 0.6 is 0 Å². The average Bonchev–Trinajstić information content (AvgIpc) is 3.20. The number of unbranched alkanes of at least 4 members (excludes halogenated alkanes) is 1. The number of carbonyl (C=O) groups excluding carboxylic acids is 4. The van der Waals surface area contributed by atoms with Crippen molar-refractivity contribution in [2.24, 2.45) is 0 Å². The molecule has 2 aliphatic heterocycles. The second kappa shape index (κ2) is 11.6. The number of rotatable bonds is 11. The van der Waals surface area contributed by atoms with E-state index >= 15 is 0 Å². The first kappa shape index (κ1) is 23.8. The van der Waals surface area contributed by atoms with E-state index in [4.69, 9.17) is 0 Å². The van der Waals surface area contributed by atoms with Crippen LogP contribution in [0.1, 0.15) is 50.5 Å². The average molecular weight is 444 g/mol. The molecule has 0 aliphatic carbocycles. The standard InChI is InChI=1S/C24H33N3O5/c1-32-22(29)13-6-5-11-20-23(30)25-19(17-18-9-3-2-4-10-18)24(31)27(20)16-8-15-26-14-7-12-21(26)28/h2-4,9-10,19-20H,5-8,11-17H2,1H3,(H,25,30). The molecule has 0 radical (unpaired) electrons. The van der Waals surface area contributed by atoms with Crippen LogP contribution in [-0.4, -0.2) is 72.3 Å². The molecule has 3 rings (SSSR count). The van der Waals surface area contributed by atoms with Crippen LogP contribution in [0.4, 0.5) is 0 Å². The van der Waals surface area contributed by atoms with Crippen molar-refractivity contribution in [3.8, 4) is 0 Å². The summed E-state index contributed by atoms with van der Waals surface area (Å²) in [4.78, 5) is 53.0. The zero-order chi connectivity index (χ0) is 22.9. The summed E-state index contributed by atoms with van der Waals surface area (Å²) in [5.41, 5.74) is 0.991. The van der Waals surface area contributed by atoms with Crippen molar-refractivity contribution in [2.45, 2.75) is 63.5 Å². The Bertz CT molecular complexity index is 813. The van der Waals surface area contributed by atoms with E-state index in [0.29, 0.717) is 58.0 Å². The van der Waals surface area contributed by atoms with Gasteiger partial charge in [0.05, 0.1) is 7.11 Å². The molecule has 174 valence electrons. The molecule has 1 N–H and O–H groups in total. The van der Waals surface area contributed by atoms with E-state index in [1.807, 2.05) is 35.2 Å². The number of benzene rings is 1. The number of carbonyl (C=O) groups is 4. The largest absolute Gasteiger partial charge is 0.469 e. The van der Waals surface area contributed by atoms with Crippen LogP contribution in [-0.2, 0) is 30.3 Å². The molecule has 2 fully saturated rings. The Hall–Kier alpha value is -2.90. The van der Waals surface area contributed by atoms with Crippen molar-refractivity contribution in [3.05, 3.63) is 35.9 Å². The highest BCUT2D eigenvalue weighted by molar-refractivity contribution is 5.97. The Morgan fingerprint density at radius 2 is 1.88 bits per heavy atom. The minimum atomic E-state index is -0.593. The highest BCUT2D eigenvalue weighted by Crippen LogP contribution is 2.20. The van der Waals surface area contributed by atoms with Crippen molar-refractivity contribution in [1.29, 1.82) is 0 Å². The molecule has 2 heterocycles. The smallest absolute Gasteiger partial charge is 0.305 e. The number of ether oxygens (including phenoxy) is 1. The maximum Gasteiger partial charge on any atom is 0.305 e. The lowest BCUT2D eigenvalue weighted by Crippen LogP contribution is -2.64. The summed E-state index contributed by atoms with van der Waals surface area (Å²) in [6.45, 7) is 1.80. The van der Waals surface area contributed by atoms with Crippen molar-refractivity contribution >= 4 is 23.7 Å². The molecule has 0 saturated carbocycles. The lowest BCUT2D eigenvalue weighted by Gasteiger charge is -2.39. The molecule has 2 aliphatic rings. The maximum atomic E-state index is 13.3. The number of nitrogens with one attached hydrogen (secondary N) is 1. The van der Waals surface area contributed by atoms with Gasteiger partial charge in [0, 0.05) is 38.9 Å². The summed E-state index contributed by atoms with van der Waals surface area (Å²) >= 11 is 0. The van der Waals surface area contributed by atoms with Gasteiger partial charge in [0.25, 0.3) is 0 Å². The number of likely N-dealkylation sites (tertiary alicyclic amines) is 1. The van der Waals surface area contributed by atoms with E-state index in [1.54, 1.807) is 4.90 Å². The number of methoxy groups -OCH3 is 1. The molecule has 0 aromatic heterocycles. The van der Waals surface area contributed by atoms with E-state index in [2.05, 4.69) is 10.1 Å². The van der Waals surface area contributed by atoms with E-state index in [9.17, 15) is 19.2 Å². The molecule has 1 aromatic carbocycles. The number of hydrogen-bond donors (Lipinski definition) is 1. The minimum Gasteiger partial charge on any atom is -0.469 e. The predicted molar refractivity (Wildman–Crippen MR) is 118 cm³/mol. The first-order chi connectivity index (χ1) is 15.5. The zero-order valence-electron chi connectivity index (χ0n) is 18.8. The summed E-state index contributed by atoms with van der Waals surface area (Å²) in [6.07, 6.45) is 4.60. The summed E-state index contributed by atoms with van der Waals surface area (Å²) in [6, 6.07) is 8.49. The fourth-order valence-corrected chi connectivity index (χ4v) is 4.45. The Morgan fingerprint density at radius 3 is 2.56 bits per heavy atom. The van der Waals surface area contributed by atoms with Crippen molar-refractivity contribution in [2.75, 3.05) is 26.7 Å². The number of esters is 1. The highest BCUT2D eigenvalue weighted by Gasteiger charge is 2.39. The molecule has 2 saturated heterocycles. The first-order valence-corrected chi connectivity index (χ1v) is 11.5. The summed E-state index contributed by atoms with van der Waals surface area (Å²) < 4.78 is 4.67. The van der Waals surface area contributed by atoms with Crippen LogP contribution in [0.5, 0.6) is 0 Å². The monoisotopic (exact) mass is 443 g/mol. The second-order valence-electron chi connectivity index (χ2n) is 8.46. The summed E-state index contributed by atoms with van der Waals surface area (Å²) in [7, 11) is 1.36. The Morgan fingerprint density at radius 1 is 1.09 bits per heavy atom.